The van der Waals surface area contributed by atoms with Gasteiger partial charge in [-0.3, -0.25) is 15.1 Å². The molecular formula is C20H27N9O2. The van der Waals surface area contributed by atoms with Crippen LogP contribution in [-0.2, 0) is 17.9 Å². The number of carbonyl (C=O) groups is 2. The van der Waals surface area contributed by atoms with Gasteiger partial charge in [0.2, 0.25) is 5.91 Å². The van der Waals surface area contributed by atoms with E-state index in [1.807, 2.05) is 30.3 Å². The quantitative estimate of drug-likeness (QED) is 0.479. The molecule has 0 unspecified atom stereocenters. The fourth-order valence-corrected chi connectivity index (χ4v) is 3.35. The van der Waals surface area contributed by atoms with Gasteiger partial charge in [-0.2, -0.15) is 5.10 Å². The zero-order valence-corrected chi connectivity index (χ0v) is 17.6. The second-order valence-corrected chi connectivity index (χ2v) is 7.28. The van der Waals surface area contributed by atoms with E-state index in [-0.39, 0.29) is 36.4 Å². The molecule has 0 saturated carbocycles. The molecule has 1 aliphatic rings. The van der Waals surface area contributed by atoms with E-state index in [0.29, 0.717) is 31.2 Å². The van der Waals surface area contributed by atoms with Crippen molar-refractivity contribution < 1.29 is 9.59 Å². The monoisotopic (exact) mass is 425 g/mol. The lowest BCUT2D eigenvalue weighted by atomic mass is 10.2. The van der Waals surface area contributed by atoms with Crippen molar-refractivity contribution in [1.29, 1.82) is 5.41 Å². The van der Waals surface area contributed by atoms with Gasteiger partial charge in [0.05, 0.1) is 0 Å². The van der Waals surface area contributed by atoms with Gasteiger partial charge in [0.1, 0.15) is 29.7 Å². The number of urea groups is 1. The first kappa shape index (κ1) is 21.8. The van der Waals surface area contributed by atoms with Gasteiger partial charge in [0, 0.05) is 19.6 Å². The number of hydrogen-bond acceptors (Lipinski definition) is 7. The van der Waals surface area contributed by atoms with Crippen molar-refractivity contribution in [2.45, 2.75) is 33.4 Å². The van der Waals surface area contributed by atoms with Crippen LogP contribution in [0, 0.1) is 19.3 Å². The molecule has 31 heavy (non-hydrogen) atoms. The molecule has 0 aliphatic carbocycles. The maximum atomic E-state index is 13.0. The topological polar surface area (TPSA) is 159 Å². The largest absolute Gasteiger partial charge is 0.384 e. The minimum Gasteiger partial charge on any atom is -0.384 e. The van der Waals surface area contributed by atoms with Crippen LogP contribution in [0.15, 0.2) is 41.8 Å². The SMILES string of the molecule is Cc1nc(C)n(CC(=O)N(CCCN2C(=N)C(=C(N)N)NC2=O)Cc2ccccc2)n1. The van der Waals surface area contributed by atoms with Crippen molar-refractivity contribution >= 4 is 17.8 Å². The highest BCUT2D eigenvalue weighted by molar-refractivity contribution is 6.13. The third kappa shape index (κ3) is 5.18. The molecule has 0 spiro atoms. The van der Waals surface area contributed by atoms with Crippen molar-refractivity contribution in [3.63, 3.8) is 0 Å². The van der Waals surface area contributed by atoms with Crippen LogP contribution in [0.5, 0.6) is 0 Å². The molecule has 0 radical (unpaired) electrons. The second kappa shape index (κ2) is 9.28. The Hall–Kier alpha value is -3.89. The lowest BCUT2D eigenvalue weighted by Crippen LogP contribution is -2.38. The van der Waals surface area contributed by atoms with Gasteiger partial charge in [0.25, 0.3) is 0 Å². The summed E-state index contributed by atoms with van der Waals surface area (Å²) in [4.78, 5) is 32.4. The van der Waals surface area contributed by atoms with E-state index in [9.17, 15) is 9.59 Å². The van der Waals surface area contributed by atoms with Crippen LogP contribution < -0.4 is 16.8 Å². The van der Waals surface area contributed by atoms with Crippen molar-refractivity contribution in [2.75, 3.05) is 13.1 Å². The van der Waals surface area contributed by atoms with Crippen molar-refractivity contribution in [3.8, 4) is 0 Å². The smallest absolute Gasteiger partial charge is 0.327 e. The first-order chi connectivity index (χ1) is 14.8. The molecule has 1 aromatic heterocycles. The van der Waals surface area contributed by atoms with Crippen LogP contribution >= 0.6 is 0 Å². The van der Waals surface area contributed by atoms with Crippen LogP contribution in [0.2, 0.25) is 0 Å². The number of nitrogens with one attached hydrogen (secondary N) is 2. The van der Waals surface area contributed by atoms with Gasteiger partial charge in [0.15, 0.2) is 5.84 Å². The van der Waals surface area contributed by atoms with Crippen molar-refractivity contribution in [2.24, 2.45) is 11.5 Å². The lowest BCUT2D eigenvalue weighted by molar-refractivity contribution is -0.132. The molecule has 3 rings (SSSR count). The Kier molecular flexibility index (Phi) is 6.53. The van der Waals surface area contributed by atoms with E-state index in [1.165, 1.54) is 4.90 Å². The molecule has 11 heteroatoms. The van der Waals surface area contributed by atoms with E-state index >= 15 is 0 Å². The van der Waals surface area contributed by atoms with Crippen molar-refractivity contribution in [1.82, 2.24) is 29.9 Å². The predicted molar refractivity (Wildman–Crippen MR) is 114 cm³/mol. The zero-order chi connectivity index (χ0) is 22.5. The highest BCUT2D eigenvalue weighted by Crippen LogP contribution is 2.12. The van der Waals surface area contributed by atoms with Crippen LogP contribution in [0.1, 0.15) is 23.6 Å². The molecule has 1 aliphatic heterocycles. The number of aromatic nitrogens is 3. The summed E-state index contributed by atoms with van der Waals surface area (Å²) in [6.45, 7) is 4.74. The summed E-state index contributed by atoms with van der Waals surface area (Å²) in [6.07, 6.45) is 0.474. The zero-order valence-electron chi connectivity index (χ0n) is 17.6. The maximum absolute atomic E-state index is 13.0. The van der Waals surface area contributed by atoms with Crippen molar-refractivity contribution in [3.05, 3.63) is 59.1 Å². The summed E-state index contributed by atoms with van der Waals surface area (Å²) in [7, 11) is 0. The van der Waals surface area contributed by atoms with Crippen LogP contribution in [-0.4, -0.2) is 55.4 Å². The average Bonchev–Trinajstić information content (AvgIpc) is 3.19. The summed E-state index contributed by atoms with van der Waals surface area (Å²) in [5.74, 6) is 0.998. The molecule has 2 heterocycles. The number of amidine groups is 1. The summed E-state index contributed by atoms with van der Waals surface area (Å²) >= 11 is 0. The first-order valence-electron chi connectivity index (χ1n) is 9.88. The minimum atomic E-state index is -0.456. The standard InChI is InChI=1S/C20H27N9O2/c1-13-24-14(2)29(26-13)12-16(30)27(11-15-7-4-3-5-8-15)9-6-10-28-19(23)17(18(21)22)25-20(28)31/h3-5,7-8,23H,6,9-12,21-22H2,1-2H3,(H,25,31). The molecule has 11 nitrogen and oxygen atoms in total. The number of nitrogens with zero attached hydrogens (tertiary/aromatic N) is 5. The number of carbonyl (C=O) groups excluding carboxylic acids is 2. The maximum Gasteiger partial charge on any atom is 0.327 e. The Bertz CT molecular complexity index is 1010. The number of nitrogens with two attached hydrogens (primary N) is 2. The van der Waals surface area contributed by atoms with Gasteiger partial charge in [-0.25, -0.2) is 14.5 Å². The molecule has 0 bridgehead atoms. The van der Waals surface area contributed by atoms with Gasteiger partial charge in [-0.05, 0) is 25.8 Å². The molecule has 0 atom stereocenters. The van der Waals surface area contributed by atoms with E-state index in [1.54, 1.807) is 23.4 Å². The molecule has 6 N–H and O–H groups in total. The number of amides is 3. The summed E-state index contributed by atoms with van der Waals surface area (Å²) in [5, 5.41) is 14.8. The number of hydrogen-bond donors (Lipinski definition) is 4. The van der Waals surface area contributed by atoms with Gasteiger partial charge < -0.3 is 21.7 Å². The van der Waals surface area contributed by atoms with Gasteiger partial charge in [-0.15, -0.1) is 0 Å². The third-order valence-electron chi connectivity index (χ3n) is 4.90. The Morgan fingerprint density at radius 2 is 1.94 bits per heavy atom. The number of aryl methyl sites for hydroxylation is 2. The van der Waals surface area contributed by atoms with E-state index in [4.69, 9.17) is 16.9 Å². The van der Waals surface area contributed by atoms with E-state index in [2.05, 4.69) is 15.4 Å². The molecule has 164 valence electrons. The van der Waals surface area contributed by atoms with E-state index in [0.717, 1.165) is 5.56 Å². The normalized spacial score (nSPS) is 13.5. The molecule has 1 fully saturated rings. The van der Waals surface area contributed by atoms with Crippen LogP contribution in [0.3, 0.4) is 0 Å². The Labute approximate surface area is 180 Å². The third-order valence-corrected chi connectivity index (χ3v) is 4.90. The summed E-state index contributed by atoms with van der Waals surface area (Å²) in [6, 6.07) is 9.21. The summed E-state index contributed by atoms with van der Waals surface area (Å²) in [5.41, 5.74) is 12.1. The minimum absolute atomic E-state index is 0.0698. The number of rotatable bonds is 8. The molecular weight excluding hydrogens is 398 g/mol. The predicted octanol–water partition coefficient (Wildman–Crippen LogP) is 0.403. The summed E-state index contributed by atoms with van der Waals surface area (Å²) < 4.78 is 1.58. The molecule has 3 amide bonds. The van der Waals surface area contributed by atoms with Gasteiger partial charge >= 0.3 is 6.03 Å². The lowest BCUT2D eigenvalue weighted by Gasteiger charge is -2.24. The molecule has 1 saturated heterocycles. The molecule has 2 aromatic rings. The Morgan fingerprint density at radius 3 is 2.52 bits per heavy atom. The van der Waals surface area contributed by atoms with Crippen LogP contribution in [0.4, 0.5) is 4.79 Å². The number of benzene rings is 1. The fraction of sp³-hybridized carbons (Fsp3) is 0.350. The average molecular weight is 425 g/mol. The Balaban J connectivity index is 1.67. The highest BCUT2D eigenvalue weighted by Gasteiger charge is 2.31. The Morgan fingerprint density at radius 1 is 1.23 bits per heavy atom. The second-order valence-electron chi connectivity index (χ2n) is 7.28. The molecule has 1 aromatic carbocycles. The highest BCUT2D eigenvalue weighted by atomic mass is 16.2. The fourth-order valence-electron chi connectivity index (χ4n) is 3.35. The van der Waals surface area contributed by atoms with Gasteiger partial charge in [-0.1, -0.05) is 30.3 Å². The van der Waals surface area contributed by atoms with E-state index < -0.39 is 6.03 Å². The van der Waals surface area contributed by atoms with Crippen LogP contribution in [0.25, 0.3) is 0 Å². The first-order valence-corrected chi connectivity index (χ1v) is 9.88.